The molecule has 3 heteroatoms. The van der Waals surface area contributed by atoms with E-state index in [2.05, 4.69) is 24.3 Å². The second kappa shape index (κ2) is 4.25. The first-order valence-electron chi connectivity index (χ1n) is 5.92. The highest BCUT2D eigenvalue weighted by Crippen LogP contribution is 2.26. The standard InChI is InChI=1S/C12H21N3/c1-9-4-6-11(7-5-9)14-12-8-13-15(3)10(12)2/h8-9,11,14H,4-7H2,1-3H3. The normalized spacial score (nSPS) is 26.6. The predicted octanol–water partition coefficient (Wildman–Crippen LogP) is 2.72. The number of hydrogen-bond donors (Lipinski definition) is 1. The van der Waals surface area contributed by atoms with Crippen molar-refractivity contribution in [3.63, 3.8) is 0 Å². The summed E-state index contributed by atoms with van der Waals surface area (Å²) < 4.78 is 1.92. The van der Waals surface area contributed by atoms with Gasteiger partial charge in [0.15, 0.2) is 0 Å². The molecule has 0 unspecified atom stereocenters. The quantitative estimate of drug-likeness (QED) is 0.808. The first-order valence-corrected chi connectivity index (χ1v) is 5.92. The summed E-state index contributed by atoms with van der Waals surface area (Å²) in [5.74, 6) is 0.915. The molecule has 0 aromatic carbocycles. The third-order valence-electron chi connectivity index (χ3n) is 3.61. The lowest BCUT2D eigenvalue weighted by Gasteiger charge is -2.27. The van der Waals surface area contributed by atoms with Gasteiger partial charge in [-0.3, -0.25) is 4.68 Å². The zero-order valence-corrected chi connectivity index (χ0v) is 9.95. The molecular formula is C12H21N3. The number of aromatic nitrogens is 2. The molecule has 1 heterocycles. The van der Waals surface area contributed by atoms with Crippen molar-refractivity contribution in [3.05, 3.63) is 11.9 Å². The largest absolute Gasteiger partial charge is 0.380 e. The molecule has 1 saturated carbocycles. The molecular weight excluding hydrogens is 186 g/mol. The Balaban J connectivity index is 1.94. The van der Waals surface area contributed by atoms with E-state index in [4.69, 9.17) is 0 Å². The fourth-order valence-electron chi connectivity index (χ4n) is 2.26. The molecule has 0 amide bonds. The van der Waals surface area contributed by atoms with Gasteiger partial charge in [0.2, 0.25) is 0 Å². The van der Waals surface area contributed by atoms with Gasteiger partial charge in [0.25, 0.3) is 0 Å². The van der Waals surface area contributed by atoms with E-state index in [-0.39, 0.29) is 0 Å². The summed E-state index contributed by atoms with van der Waals surface area (Å²) >= 11 is 0. The second-order valence-electron chi connectivity index (χ2n) is 4.87. The lowest BCUT2D eigenvalue weighted by atomic mass is 9.87. The summed E-state index contributed by atoms with van der Waals surface area (Å²) in [6, 6.07) is 0.657. The van der Waals surface area contributed by atoms with Gasteiger partial charge in [0.1, 0.15) is 0 Å². The Bertz CT molecular complexity index is 322. The van der Waals surface area contributed by atoms with E-state index >= 15 is 0 Å². The Morgan fingerprint density at radius 3 is 2.53 bits per heavy atom. The van der Waals surface area contributed by atoms with Crippen molar-refractivity contribution >= 4 is 5.69 Å². The molecule has 2 rings (SSSR count). The van der Waals surface area contributed by atoms with E-state index in [1.165, 1.54) is 37.1 Å². The number of rotatable bonds is 2. The van der Waals surface area contributed by atoms with Crippen molar-refractivity contribution in [2.24, 2.45) is 13.0 Å². The monoisotopic (exact) mass is 207 g/mol. The summed E-state index contributed by atoms with van der Waals surface area (Å²) in [5, 5.41) is 7.86. The molecule has 15 heavy (non-hydrogen) atoms. The molecule has 0 radical (unpaired) electrons. The Morgan fingerprint density at radius 1 is 1.33 bits per heavy atom. The average Bonchev–Trinajstić information content (AvgIpc) is 2.53. The van der Waals surface area contributed by atoms with Crippen LogP contribution in [0.1, 0.15) is 38.3 Å². The molecule has 1 N–H and O–H groups in total. The molecule has 0 atom stereocenters. The predicted molar refractivity (Wildman–Crippen MR) is 63.0 cm³/mol. The molecule has 0 bridgehead atoms. The molecule has 1 aromatic heterocycles. The van der Waals surface area contributed by atoms with Crippen molar-refractivity contribution in [3.8, 4) is 0 Å². The highest BCUT2D eigenvalue weighted by atomic mass is 15.3. The third kappa shape index (κ3) is 2.33. The van der Waals surface area contributed by atoms with E-state index in [1.54, 1.807) is 0 Å². The van der Waals surface area contributed by atoms with Gasteiger partial charge in [-0.1, -0.05) is 6.92 Å². The maximum atomic E-state index is 4.25. The van der Waals surface area contributed by atoms with Crippen molar-refractivity contribution < 1.29 is 0 Å². The Labute approximate surface area is 91.9 Å². The van der Waals surface area contributed by atoms with Crippen LogP contribution in [-0.4, -0.2) is 15.8 Å². The van der Waals surface area contributed by atoms with Crippen molar-refractivity contribution in [1.82, 2.24) is 9.78 Å². The number of hydrogen-bond acceptors (Lipinski definition) is 2. The van der Waals surface area contributed by atoms with Crippen LogP contribution in [0.4, 0.5) is 5.69 Å². The second-order valence-corrected chi connectivity index (χ2v) is 4.87. The lowest BCUT2D eigenvalue weighted by molar-refractivity contribution is 0.361. The molecule has 1 fully saturated rings. The Hall–Kier alpha value is -0.990. The van der Waals surface area contributed by atoms with Crippen LogP contribution in [-0.2, 0) is 7.05 Å². The van der Waals surface area contributed by atoms with Gasteiger partial charge in [-0.2, -0.15) is 5.10 Å². The maximum Gasteiger partial charge on any atom is 0.0758 e. The van der Waals surface area contributed by atoms with Crippen molar-refractivity contribution in [2.45, 2.75) is 45.6 Å². The molecule has 0 aliphatic heterocycles. The third-order valence-corrected chi connectivity index (χ3v) is 3.61. The van der Waals surface area contributed by atoms with Gasteiger partial charge in [0.05, 0.1) is 17.6 Å². The summed E-state index contributed by atoms with van der Waals surface area (Å²) in [6.45, 7) is 4.46. The van der Waals surface area contributed by atoms with Crippen molar-refractivity contribution in [1.29, 1.82) is 0 Å². The Kier molecular flexibility index (Phi) is 2.98. The van der Waals surface area contributed by atoms with E-state index in [9.17, 15) is 0 Å². The number of nitrogens with zero attached hydrogens (tertiary/aromatic N) is 2. The van der Waals surface area contributed by atoms with E-state index < -0.39 is 0 Å². The van der Waals surface area contributed by atoms with Gasteiger partial charge in [-0.15, -0.1) is 0 Å². The number of anilines is 1. The van der Waals surface area contributed by atoms with Crippen LogP contribution >= 0.6 is 0 Å². The van der Waals surface area contributed by atoms with Crippen LogP contribution < -0.4 is 5.32 Å². The van der Waals surface area contributed by atoms with E-state index in [1.807, 2.05) is 17.9 Å². The Morgan fingerprint density at radius 2 is 2.00 bits per heavy atom. The highest BCUT2D eigenvalue weighted by molar-refractivity contribution is 5.46. The van der Waals surface area contributed by atoms with Gasteiger partial charge in [0, 0.05) is 13.1 Å². The van der Waals surface area contributed by atoms with Crippen LogP contribution in [0.15, 0.2) is 6.20 Å². The SMILES string of the molecule is Cc1c(NC2CCC(C)CC2)cnn1C. The fourth-order valence-corrected chi connectivity index (χ4v) is 2.26. The minimum atomic E-state index is 0.657. The van der Waals surface area contributed by atoms with Gasteiger partial charge >= 0.3 is 0 Å². The zero-order valence-electron chi connectivity index (χ0n) is 9.95. The zero-order chi connectivity index (χ0) is 10.8. The number of aryl methyl sites for hydroxylation is 1. The summed E-state index contributed by atoms with van der Waals surface area (Å²) in [7, 11) is 1.99. The van der Waals surface area contributed by atoms with Gasteiger partial charge < -0.3 is 5.32 Å². The molecule has 0 saturated heterocycles. The first kappa shape index (κ1) is 10.5. The summed E-state index contributed by atoms with van der Waals surface area (Å²) in [5.41, 5.74) is 2.44. The van der Waals surface area contributed by atoms with Crippen LogP contribution in [0.5, 0.6) is 0 Å². The van der Waals surface area contributed by atoms with Crippen LogP contribution in [0.3, 0.4) is 0 Å². The summed E-state index contributed by atoms with van der Waals surface area (Å²) in [4.78, 5) is 0. The van der Waals surface area contributed by atoms with E-state index in [0.717, 1.165) is 5.92 Å². The molecule has 3 nitrogen and oxygen atoms in total. The topological polar surface area (TPSA) is 29.9 Å². The highest BCUT2D eigenvalue weighted by Gasteiger charge is 2.18. The number of nitrogens with one attached hydrogen (secondary N) is 1. The van der Waals surface area contributed by atoms with E-state index in [0.29, 0.717) is 6.04 Å². The van der Waals surface area contributed by atoms with Crippen LogP contribution in [0, 0.1) is 12.8 Å². The van der Waals surface area contributed by atoms with Gasteiger partial charge in [-0.25, -0.2) is 0 Å². The van der Waals surface area contributed by atoms with Gasteiger partial charge in [-0.05, 0) is 38.5 Å². The lowest BCUT2D eigenvalue weighted by Crippen LogP contribution is -2.25. The van der Waals surface area contributed by atoms with Crippen LogP contribution in [0.25, 0.3) is 0 Å². The maximum absolute atomic E-state index is 4.25. The van der Waals surface area contributed by atoms with Crippen LogP contribution in [0.2, 0.25) is 0 Å². The fraction of sp³-hybridized carbons (Fsp3) is 0.750. The van der Waals surface area contributed by atoms with Crippen molar-refractivity contribution in [2.75, 3.05) is 5.32 Å². The molecule has 0 spiro atoms. The first-order chi connectivity index (χ1) is 7.16. The smallest absolute Gasteiger partial charge is 0.0758 e. The molecule has 1 aliphatic rings. The molecule has 1 aliphatic carbocycles. The average molecular weight is 207 g/mol. The summed E-state index contributed by atoms with van der Waals surface area (Å²) in [6.07, 6.45) is 7.26. The minimum absolute atomic E-state index is 0.657. The molecule has 84 valence electrons. The minimum Gasteiger partial charge on any atom is -0.380 e. The molecule has 1 aromatic rings.